The minimum Gasteiger partial charge on any atom is -0.491 e. The number of aromatic nitrogens is 1. The van der Waals surface area contributed by atoms with Gasteiger partial charge in [-0.3, -0.25) is 0 Å². The van der Waals surface area contributed by atoms with Crippen LogP contribution in [-0.2, 0) is 31.9 Å². The summed E-state index contributed by atoms with van der Waals surface area (Å²) in [5, 5.41) is 1.94. The molecule has 2 aromatic rings. The molecule has 1 aliphatic heterocycles. The smallest absolute Gasteiger partial charge is 0.423 e. The van der Waals surface area contributed by atoms with Gasteiger partial charge in [-0.05, 0) is 37.0 Å². The number of methoxy groups -OCH3 is 1. The minimum atomic E-state index is -4.65. The third kappa shape index (κ3) is 8.35. The van der Waals surface area contributed by atoms with E-state index in [2.05, 4.69) is 14.5 Å². The summed E-state index contributed by atoms with van der Waals surface area (Å²) >= 11 is 5.97. The SMILES string of the molecule is COCCOc1ccc(CNC(=O)OS(=O)(=O)N2CCC(C)CC2)c(Oc2ncc(C(F)(F)F)cc2Cl)c1. The Labute approximate surface area is 223 Å². The second-order valence-electron chi connectivity index (χ2n) is 8.49. The molecule has 1 saturated heterocycles. The maximum Gasteiger partial charge on any atom is 0.423 e. The molecule has 1 fully saturated rings. The van der Waals surface area contributed by atoms with E-state index < -0.39 is 33.2 Å². The van der Waals surface area contributed by atoms with E-state index in [9.17, 15) is 26.4 Å². The second kappa shape index (κ2) is 12.8. The number of nitrogens with zero attached hydrogens (tertiary/aromatic N) is 2. The third-order valence-corrected chi connectivity index (χ3v) is 7.23. The van der Waals surface area contributed by atoms with Crippen molar-refractivity contribution < 1.29 is 44.8 Å². The Morgan fingerprint density at radius 1 is 1.21 bits per heavy atom. The van der Waals surface area contributed by atoms with Gasteiger partial charge >= 0.3 is 22.6 Å². The Morgan fingerprint density at radius 3 is 2.55 bits per heavy atom. The molecule has 1 N–H and O–H groups in total. The summed E-state index contributed by atoms with van der Waals surface area (Å²) in [5.74, 6) is 0.429. The van der Waals surface area contributed by atoms with Gasteiger partial charge in [0.05, 0.1) is 12.2 Å². The summed E-state index contributed by atoms with van der Waals surface area (Å²) in [6.45, 7) is 2.75. The first-order valence-electron chi connectivity index (χ1n) is 11.5. The van der Waals surface area contributed by atoms with Gasteiger partial charge in [0.2, 0.25) is 5.88 Å². The minimum absolute atomic E-state index is 0.0438. The molecular formula is C23H27ClF3N3O7S. The van der Waals surface area contributed by atoms with E-state index in [1.54, 1.807) is 6.07 Å². The summed E-state index contributed by atoms with van der Waals surface area (Å²) in [5.41, 5.74) is -0.747. The monoisotopic (exact) mass is 581 g/mol. The molecule has 210 valence electrons. The predicted octanol–water partition coefficient (Wildman–Crippen LogP) is 4.77. The number of nitrogens with one attached hydrogen (secondary N) is 1. The van der Waals surface area contributed by atoms with Crippen LogP contribution in [0.3, 0.4) is 0 Å². The summed E-state index contributed by atoms with van der Waals surface area (Å²) < 4.78 is 85.6. The molecule has 1 amide bonds. The van der Waals surface area contributed by atoms with Crippen LogP contribution >= 0.6 is 11.6 Å². The number of rotatable bonds is 10. The van der Waals surface area contributed by atoms with Gasteiger partial charge in [0.1, 0.15) is 23.1 Å². The van der Waals surface area contributed by atoms with Gasteiger partial charge in [0, 0.05) is 44.6 Å². The van der Waals surface area contributed by atoms with Crippen LogP contribution in [0.5, 0.6) is 17.4 Å². The lowest BCUT2D eigenvalue weighted by Gasteiger charge is -2.28. The van der Waals surface area contributed by atoms with Crippen LogP contribution in [0.25, 0.3) is 0 Å². The van der Waals surface area contributed by atoms with Crippen molar-refractivity contribution in [3.63, 3.8) is 0 Å². The van der Waals surface area contributed by atoms with E-state index in [1.165, 1.54) is 19.2 Å². The zero-order valence-corrected chi connectivity index (χ0v) is 22.2. The largest absolute Gasteiger partial charge is 0.491 e. The molecule has 0 unspecified atom stereocenters. The molecule has 38 heavy (non-hydrogen) atoms. The van der Waals surface area contributed by atoms with Crippen LogP contribution in [0.15, 0.2) is 30.5 Å². The van der Waals surface area contributed by atoms with Gasteiger partial charge in [-0.15, -0.1) is 0 Å². The van der Waals surface area contributed by atoms with Crippen molar-refractivity contribution in [2.24, 2.45) is 5.92 Å². The van der Waals surface area contributed by atoms with Crippen molar-refractivity contribution in [3.05, 3.63) is 46.6 Å². The number of ether oxygens (including phenoxy) is 3. The molecule has 3 rings (SSSR count). The van der Waals surface area contributed by atoms with E-state index in [0.717, 1.165) is 4.31 Å². The van der Waals surface area contributed by atoms with Crippen LogP contribution in [0.4, 0.5) is 18.0 Å². The molecule has 1 aromatic carbocycles. The average molecular weight is 582 g/mol. The lowest BCUT2D eigenvalue weighted by molar-refractivity contribution is -0.137. The summed E-state index contributed by atoms with van der Waals surface area (Å²) in [6.07, 6.45) is -3.97. The van der Waals surface area contributed by atoms with Crippen molar-refractivity contribution in [1.82, 2.24) is 14.6 Å². The topological polar surface area (TPSA) is 116 Å². The molecule has 1 aromatic heterocycles. The lowest BCUT2D eigenvalue weighted by Crippen LogP contribution is -2.41. The van der Waals surface area contributed by atoms with E-state index in [0.29, 0.717) is 48.9 Å². The number of amides is 1. The Balaban J connectivity index is 1.74. The summed E-state index contributed by atoms with van der Waals surface area (Å²) in [6, 6.07) is 5.15. The maximum absolute atomic E-state index is 13.0. The number of benzene rings is 1. The fourth-order valence-corrected chi connectivity index (χ4v) is 4.64. The van der Waals surface area contributed by atoms with Gasteiger partial charge in [-0.25, -0.2) is 9.78 Å². The van der Waals surface area contributed by atoms with E-state index in [4.69, 9.17) is 25.8 Å². The lowest BCUT2D eigenvalue weighted by atomic mass is 10.0. The highest BCUT2D eigenvalue weighted by atomic mass is 35.5. The Kier molecular flexibility index (Phi) is 10.0. The first-order chi connectivity index (χ1) is 17.9. The fourth-order valence-electron chi connectivity index (χ4n) is 3.42. The van der Waals surface area contributed by atoms with Crippen molar-refractivity contribution >= 4 is 28.0 Å². The first kappa shape index (κ1) is 29.7. The molecule has 15 heteroatoms. The molecular weight excluding hydrogens is 555 g/mol. The summed E-state index contributed by atoms with van der Waals surface area (Å²) in [4.78, 5) is 15.9. The highest BCUT2D eigenvalue weighted by molar-refractivity contribution is 7.84. The van der Waals surface area contributed by atoms with Crippen molar-refractivity contribution in [1.29, 1.82) is 0 Å². The Hall–Kier alpha value is -2.81. The molecule has 0 aliphatic carbocycles. The van der Waals surface area contributed by atoms with Crippen LogP contribution in [0.2, 0.25) is 5.02 Å². The van der Waals surface area contributed by atoms with Crippen molar-refractivity contribution in [2.75, 3.05) is 33.4 Å². The zero-order valence-electron chi connectivity index (χ0n) is 20.6. The highest BCUT2D eigenvalue weighted by Gasteiger charge is 2.32. The van der Waals surface area contributed by atoms with Crippen LogP contribution in [-0.4, -0.2) is 57.2 Å². The van der Waals surface area contributed by atoms with Crippen LogP contribution in [0.1, 0.15) is 30.9 Å². The number of alkyl halides is 3. The molecule has 2 heterocycles. The third-order valence-electron chi connectivity index (χ3n) is 5.60. The molecule has 0 radical (unpaired) electrons. The fraction of sp³-hybridized carbons (Fsp3) is 0.478. The molecule has 0 saturated carbocycles. The van der Waals surface area contributed by atoms with Gasteiger partial charge in [0.25, 0.3) is 0 Å². The van der Waals surface area contributed by atoms with Gasteiger partial charge in [-0.1, -0.05) is 18.5 Å². The quantitative estimate of drug-likeness (QED) is 0.399. The molecule has 1 aliphatic rings. The normalized spacial score (nSPS) is 15.2. The molecule has 0 spiro atoms. The molecule has 0 bridgehead atoms. The predicted molar refractivity (Wildman–Crippen MR) is 130 cm³/mol. The maximum atomic E-state index is 13.0. The first-order valence-corrected chi connectivity index (χ1v) is 13.3. The number of hydrogen-bond acceptors (Lipinski definition) is 8. The molecule has 10 nitrogen and oxygen atoms in total. The average Bonchev–Trinajstić information content (AvgIpc) is 2.84. The van der Waals surface area contributed by atoms with Gasteiger partial charge < -0.3 is 23.7 Å². The second-order valence-corrected chi connectivity index (χ2v) is 10.4. The number of hydrogen-bond donors (Lipinski definition) is 1. The Bertz CT molecular complexity index is 1220. The number of halogens is 4. The highest BCUT2D eigenvalue weighted by Crippen LogP contribution is 2.36. The van der Waals surface area contributed by atoms with Crippen LogP contribution in [0, 0.1) is 5.92 Å². The number of pyridine rings is 1. The van der Waals surface area contributed by atoms with Crippen molar-refractivity contribution in [2.45, 2.75) is 32.5 Å². The number of piperidine rings is 1. The van der Waals surface area contributed by atoms with Gasteiger partial charge in [0.15, 0.2) is 0 Å². The summed E-state index contributed by atoms with van der Waals surface area (Å²) in [7, 11) is -2.78. The number of carbonyl (C=O) groups excluding carboxylic acids is 1. The zero-order chi connectivity index (χ0) is 27.9. The molecule has 0 atom stereocenters. The van der Waals surface area contributed by atoms with Crippen molar-refractivity contribution in [3.8, 4) is 17.4 Å². The number of carbonyl (C=O) groups is 1. The standard InChI is InChI=1S/C23H27ClF3N3O7S/c1-15-5-7-30(8-6-15)38(32,33)37-22(31)29-13-16-3-4-18(35-10-9-34-2)12-20(16)36-21-19(24)11-17(14-28-21)23(25,26)27/h3-4,11-12,14-15H,5-10,13H2,1-2H3,(H,29,31). The van der Waals surface area contributed by atoms with Crippen LogP contribution < -0.4 is 14.8 Å². The van der Waals surface area contributed by atoms with E-state index in [-0.39, 0.29) is 37.9 Å². The van der Waals surface area contributed by atoms with E-state index >= 15 is 0 Å². The van der Waals surface area contributed by atoms with Gasteiger partial charge in [-0.2, -0.15) is 25.9 Å². The van der Waals surface area contributed by atoms with E-state index in [1.807, 2.05) is 6.92 Å². The Morgan fingerprint density at radius 2 is 1.92 bits per heavy atom.